The molecule has 0 saturated heterocycles. The van der Waals surface area contributed by atoms with Crippen molar-refractivity contribution >= 4 is 6.09 Å². The number of ether oxygens (including phenoxy) is 2. The molecule has 6 heteroatoms. The number of methoxy groups -OCH3 is 1. The van der Waals surface area contributed by atoms with Gasteiger partial charge in [-0.15, -0.1) is 0 Å². The molecule has 1 aromatic heterocycles. The molecule has 130 valence electrons. The monoisotopic (exact) mass is 323 g/mol. The van der Waals surface area contributed by atoms with Crippen molar-refractivity contribution in [3.8, 4) is 5.88 Å². The first kappa shape index (κ1) is 19.2. The van der Waals surface area contributed by atoms with E-state index in [9.17, 15) is 4.79 Å². The van der Waals surface area contributed by atoms with Gasteiger partial charge in [0.05, 0.1) is 7.11 Å². The van der Waals surface area contributed by atoms with Gasteiger partial charge < -0.3 is 19.7 Å². The van der Waals surface area contributed by atoms with E-state index in [0.717, 1.165) is 5.56 Å². The Hall–Kier alpha value is -1.82. The van der Waals surface area contributed by atoms with Crippen LogP contribution in [0.5, 0.6) is 5.88 Å². The molecule has 0 saturated carbocycles. The molecule has 6 nitrogen and oxygen atoms in total. The zero-order valence-electron chi connectivity index (χ0n) is 15.3. The smallest absolute Gasteiger partial charge is 0.410 e. The van der Waals surface area contributed by atoms with Crippen LogP contribution in [0.25, 0.3) is 0 Å². The predicted molar refractivity (Wildman–Crippen MR) is 90.7 cm³/mol. The maximum Gasteiger partial charge on any atom is 0.410 e. The first-order chi connectivity index (χ1) is 10.6. The number of likely N-dealkylation sites (N-methyl/N-ethyl adjacent to an activating group) is 1. The molecule has 1 rings (SSSR count). The fraction of sp³-hybridized carbons (Fsp3) is 0.647. The van der Waals surface area contributed by atoms with Crippen molar-refractivity contribution in [3.63, 3.8) is 0 Å². The van der Waals surface area contributed by atoms with Gasteiger partial charge in [-0.25, -0.2) is 9.78 Å². The maximum atomic E-state index is 11.9. The van der Waals surface area contributed by atoms with Crippen LogP contribution in [0.15, 0.2) is 18.3 Å². The summed E-state index contributed by atoms with van der Waals surface area (Å²) in [5.41, 5.74) is 0.164. The van der Waals surface area contributed by atoms with Crippen molar-refractivity contribution in [2.75, 3.05) is 27.2 Å². The number of hydrogen-bond acceptors (Lipinski definition) is 5. The van der Waals surface area contributed by atoms with Crippen LogP contribution in [-0.4, -0.2) is 48.8 Å². The van der Waals surface area contributed by atoms with E-state index in [0.29, 0.717) is 19.0 Å². The predicted octanol–water partition coefficient (Wildman–Crippen LogP) is 2.78. The Balaban J connectivity index is 2.58. The molecule has 1 N–H and O–H groups in total. The van der Waals surface area contributed by atoms with Gasteiger partial charge in [-0.2, -0.15) is 0 Å². The molecule has 0 unspecified atom stereocenters. The van der Waals surface area contributed by atoms with E-state index >= 15 is 0 Å². The highest BCUT2D eigenvalue weighted by Gasteiger charge is 2.25. The highest BCUT2D eigenvalue weighted by atomic mass is 16.6. The summed E-state index contributed by atoms with van der Waals surface area (Å²) in [6, 6.07) is 3.87. The van der Waals surface area contributed by atoms with Gasteiger partial charge in [0.2, 0.25) is 5.88 Å². The Morgan fingerprint density at radius 1 is 1.30 bits per heavy atom. The zero-order valence-corrected chi connectivity index (χ0v) is 15.3. The number of amides is 1. The first-order valence-electron chi connectivity index (χ1n) is 7.75. The third-order valence-electron chi connectivity index (χ3n) is 3.36. The lowest BCUT2D eigenvalue weighted by Gasteiger charge is -2.29. The molecule has 0 bridgehead atoms. The first-order valence-corrected chi connectivity index (χ1v) is 7.75. The summed E-state index contributed by atoms with van der Waals surface area (Å²) in [5, 5.41) is 3.43. The number of pyridine rings is 1. The molecule has 1 heterocycles. The van der Waals surface area contributed by atoms with E-state index < -0.39 is 5.60 Å². The van der Waals surface area contributed by atoms with Gasteiger partial charge in [-0.1, -0.05) is 6.07 Å². The summed E-state index contributed by atoms with van der Waals surface area (Å²) < 4.78 is 10.6. The Bertz CT molecular complexity index is 524. The molecule has 0 aromatic carbocycles. The molecular weight excluding hydrogens is 294 g/mol. The quantitative estimate of drug-likeness (QED) is 0.872. The van der Waals surface area contributed by atoms with Crippen molar-refractivity contribution in [2.45, 2.75) is 45.8 Å². The van der Waals surface area contributed by atoms with E-state index in [4.69, 9.17) is 9.47 Å². The topological polar surface area (TPSA) is 63.7 Å². The van der Waals surface area contributed by atoms with E-state index in [1.807, 2.05) is 32.9 Å². The maximum absolute atomic E-state index is 11.9. The van der Waals surface area contributed by atoms with E-state index in [-0.39, 0.29) is 11.6 Å². The van der Waals surface area contributed by atoms with Crippen LogP contribution in [-0.2, 0) is 10.3 Å². The average Bonchev–Trinajstić information content (AvgIpc) is 2.45. The molecule has 0 fully saturated rings. The van der Waals surface area contributed by atoms with Crippen LogP contribution >= 0.6 is 0 Å². The lowest BCUT2D eigenvalue weighted by atomic mass is 9.95. The number of aromatic nitrogens is 1. The summed E-state index contributed by atoms with van der Waals surface area (Å²) in [6.07, 6.45) is 1.38. The van der Waals surface area contributed by atoms with Gasteiger partial charge in [-0.05, 0) is 40.7 Å². The van der Waals surface area contributed by atoms with E-state index in [1.54, 1.807) is 25.3 Å². The highest BCUT2D eigenvalue weighted by molar-refractivity contribution is 5.67. The average molecular weight is 323 g/mol. The number of rotatable bonds is 6. The molecule has 0 atom stereocenters. The Morgan fingerprint density at radius 3 is 2.52 bits per heavy atom. The number of nitrogens with zero attached hydrogens (tertiary/aromatic N) is 2. The summed E-state index contributed by atoms with van der Waals surface area (Å²) in [6.45, 7) is 10.8. The second kappa shape index (κ2) is 7.64. The molecule has 1 aromatic rings. The molecule has 0 aliphatic heterocycles. The van der Waals surface area contributed by atoms with Gasteiger partial charge in [0.15, 0.2) is 0 Å². The Morgan fingerprint density at radius 2 is 1.96 bits per heavy atom. The molecule has 0 aliphatic carbocycles. The lowest BCUT2D eigenvalue weighted by molar-refractivity contribution is 0.0297. The molecular formula is C17H29N3O3. The van der Waals surface area contributed by atoms with Crippen LogP contribution in [0.2, 0.25) is 0 Å². The Kier molecular flexibility index (Phi) is 6.38. The third kappa shape index (κ3) is 6.06. The van der Waals surface area contributed by atoms with Crippen molar-refractivity contribution < 1.29 is 14.3 Å². The van der Waals surface area contributed by atoms with Gasteiger partial charge in [0.1, 0.15) is 5.60 Å². The van der Waals surface area contributed by atoms with Crippen molar-refractivity contribution in [3.05, 3.63) is 23.9 Å². The van der Waals surface area contributed by atoms with Crippen LogP contribution in [0, 0.1) is 0 Å². The largest absolute Gasteiger partial charge is 0.481 e. The number of nitrogens with one attached hydrogen (secondary N) is 1. The van der Waals surface area contributed by atoms with Gasteiger partial charge in [0.25, 0.3) is 0 Å². The molecule has 0 radical (unpaired) electrons. The summed E-state index contributed by atoms with van der Waals surface area (Å²) >= 11 is 0. The van der Waals surface area contributed by atoms with Crippen LogP contribution in [0.1, 0.15) is 40.2 Å². The molecule has 1 amide bonds. The minimum atomic E-state index is -0.485. The number of carbonyl (C=O) groups excluding carboxylic acids is 1. The fourth-order valence-electron chi connectivity index (χ4n) is 2.09. The summed E-state index contributed by atoms with van der Waals surface area (Å²) in [4.78, 5) is 17.7. The van der Waals surface area contributed by atoms with Crippen molar-refractivity contribution in [1.29, 1.82) is 0 Å². The number of hydrogen-bond donors (Lipinski definition) is 1. The summed E-state index contributed by atoms with van der Waals surface area (Å²) in [5.74, 6) is 0.602. The zero-order chi connectivity index (χ0) is 17.7. The Labute approximate surface area is 139 Å². The normalized spacial score (nSPS) is 12.0. The standard InChI is InChI=1S/C17H29N3O3/c1-16(2,3)23-15(21)20(6)12-11-19-17(4,5)13-9-8-10-18-14(13)22-7/h8-10,19H,11-12H2,1-7H3. The number of carbonyl (C=O) groups is 1. The lowest BCUT2D eigenvalue weighted by Crippen LogP contribution is -2.43. The second-order valence-corrected chi connectivity index (χ2v) is 7.01. The van der Waals surface area contributed by atoms with Gasteiger partial charge in [0, 0.05) is 37.4 Å². The van der Waals surface area contributed by atoms with Crippen molar-refractivity contribution in [2.24, 2.45) is 0 Å². The van der Waals surface area contributed by atoms with Crippen molar-refractivity contribution in [1.82, 2.24) is 15.2 Å². The fourth-order valence-corrected chi connectivity index (χ4v) is 2.09. The van der Waals surface area contributed by atoms with E-state index in [2.05, 4.69) is 24.1 Å². The van der Waals surface area contributed by atoms with Crippen LogP contribution < -0.4 is 10.1 Å². The SMILES string of the molecule is COc1ncccc1C(C)(C)NCCN(C)C(=O)OC(C)(C)C. The minimum Gasteiger partial charge on any atom is -0.481 e. The van der Waals surface area contributed by atoms with Crippen LogP contribution in [0.4, 0.5) is 4.79 Å². The highest BCUT2D eigenvalue weighted by Crippen LogP contribution is 2.27. The third-order valence-corrected chi connectivity index (χ3v) is 3.36. The van der Waals surface area contributed by atoms with Crippen LogP contribution in [0.3, 0.4) is 0 Å². The second-order valence-electron chi connectivity index (χ2n) is 7.01. The molecule has 23 heavy (non-hydrogen) atoms. The van der Waals surface area contributed by atoms with E-state index in [1.165, 1.54) is 0 Å². The molecule has 0 spiro atoms. The van der Waals surface area contributed by atoms with Gasteiger partial charge in [-0.3, -0.25) is 0 Å². The summed E-state index contributed by atoms with van der Waals surface area (Å²) in [7, 11) is 3.34. The molecule has 0 aliphatic rings. The minimum absolute atomic E-state index is 0.323. The van der Waals surface area contributed by atoms with Gasteiger partial charge >= 0.3 is 6.09 Å².